The van der Waals surface area contributed by atoms with Crippen LogP contribution >= 0.6 is 11.3 Å². The van der Waals surface area contributed by atoms with Gasteiger partial charge in [0, 0.05) is 38.2 Å². The van der Waals surface area contributed by atoms with Crippen molar-refractivity contribution in [3.8, 4) is 0 Å². The third-order valence-corrected chi connectivity index (χ3v) is 7.39. The van der Waals surface area contributed by atoms with Crippen LogP contribution in [0.3, 0.4) is 0 Å². The molecular formula is C19H23N3O3S. The number of hydrogen-bond donors (Lipinski definition) is 1. The molecule has 1 saturated carbocycles. The third-order valence-electron chi connectivity index (χ3n) is 6.32. The zero-order valence-electron chi connectivity index (χ0n) is 14.7. The van der Waals surface area contributed by atoms with Gasteiger partial charge in [0.2, 0.25) is 5.91 Å². The lowest BCUT2D eigenvalue weighted by Crippen LogP contribution is -2.51. The smallest absolute Gasteiger partial charge is 0.264 e. The van der Waals surface area contributed by atoms with Crippen LogP contribution in [0.15, 0.2) is 22.8 Å². The number of furan rings is 1. The molecule has 138 valence electrons. The molecule has 3 fully saturated rings. The summed E-state index contributed by atoms with van der Waals surface area (Å²) >= 11 is 1.47. The highest BCUT2D eigenvalue weighted by Crippen LogP contribution is 2.59. The van der Waals surface area contributed by atoms with E-state index < -0.39 is 0 Å². The highest BCUT2D eigenvalue weighted by Gasteiger charge is 2.58. The zero-order valence-corrected chi connectivity index (χ0v) is 15.5. The highest BCUT2D eigenvalue weighted by atomic mass is 32.1. The van der Waals surface area contributed by atoms with Crippen molar-refractivity contribution in [2.24, 2.45) is 11.3 Å². The summed E-state index contributed by atoms with van der Waals surface area (Å²) in [4.78, 5) is 30.1. The summed E-state index contributed by atoms with van der Waals surface area (Å²) in [6.07, 6.45) is 4.95. The number of hydrogen-bond acceptors (Lipinski definition) is 5. The molecule has 7 heteroatoms. The van der Waals surface area contributed by atoms with Crippen molar-refractivity contribution in [3.63, 3.8) is 0 Å². The molecule has 3 aliphatic rings. The minimum absolute atomic E-state index is 0.0507. The number of carbonyl (C=O) groups excluding carboxylic acids is 2. The van der Waals surface area contributed by atoms with Crippen molar-refractivity contribution in [3.05, 3.63) is 23.3 Å². The summed E-state index contributed by atoms with van der Waals surface area (Å²) < 4.78 is 6.36. The monoisotopic (exact) mass is 373 g/mol. The van der Waals surface area contributed by atoms with Crippen molar-refractivity contribution in [2.75, 3.05) is 39.3 Å². The van der Waals surface area contributed by atoms with Crippen LogP contribution in [-0.4, -0.2) is 60.9 Å². The van der Waals surface area contributed by atoms with Crippen LogP contribution in [0.4, 0.5) is 0 Å². The van der Waals surface area contributed by atoms with Gasteiger partial charge in [-0.05, 0) is 43.8 Å². The molecule has 1 spiro atoms. The fourth-order valence-electron chi connectivity index (χ4n) is 4.55. The molecule has 2 aromatic rings. The van der Waals surface area contributed by atoms with E-state index in [1.165, 1.54) is 11.3 Å². The van der Waals surface area contributed by atoms with E-state index >= 15 is 0 Å². The Balaban J connectivity index is 1.19. The van der Waals surface area contributed by atoms with E-state index in [2.05, 4.69) is 5.32 Å². The third kappa shape index (κ3) is 2.65. The van der Waals surface area contributed by atoms with Crippen LogP contribution in [0.1, 0.15) is 28.9 Å². The summed E-state index contributed by atoms with van der Waals surface area (Å²) in [5, 5.41) is 3.39. The van der Waals surface area contributed by atoms with E-state index in [0.717, 1.165) is 47.5 Å². The Kier molecular flexibility index (Phi) is 3.83. The van der Waals surface area contributed by atoms with Gasteiger partial charge < -0.3 is 19.5 Å². The van der Waals surface area contributed by atoms with Gasteiger partial charge in [0.15, 0.2) is 0 Å². The Labute approximate surface area is 156 Å². The molecule has 26 heavy (non-hydrogen) atoms. The van der Waals surface area contributed by atoms with E-state index in [1.54, 1.807) is 6.26 Å². The molecule has 0 bridgehead atoms. The molecule has 1 aliphatic carbocycles. The predicted octanol–water partition coefficient (Wildman–Crippen LogP) is 2.17. The Bertz CT molecular complexity index is 815. The van der Waals surface area contributed by atoms with E-state index in [4.69, 9.17) is 4.42 Å². The summed E-state index contributed by atoms with van der Waals surface area (Å²) in [7, 11) is 0. The molecule has 1 atom stereocenters. The Morgan fingerprint density at radius 2 is 1.88 bits per heavy atom. The summed E-state index contributed by atoms with van der Waals surface area (Å²) in [6.45, 7) is 4.61. The van der Waals surface area contributed by atoms with Gasteiger partial charge in [-0.25, -0.2) is 0 Å². The Morgan fingerprint density at radius 3 is 2.62 bits per heavy atom. The Morgan fingerprint density at radius 1 is 1.15 bits per heavy atom. The van der Waals surface area contributed by atoms with Gasteiger partial charge in [0.1, 0.15) is 5.58 Å². The SMILES string of the molecule is O=C(c1cc2occc2s1)N1CCN(C(=O)C2CC23CCNCC3)CC1. The lowest BCUT2D eigenvalue weighted by atomic mass is 9.91. The predicted molar refractivity (Wildman–Crippen MR) is 99.2 cm³/mol. The standard InChI is InChI=1S/C19H23N3O3S/c23-17(13-12-19(13)2-4-20-5-3-19)21-6-8-22(9-7-21)18(24)16-11-14-15(26-16)1-10-25-14/h1,10-11,13,20H,2-9,12H2. The molecule has 1 N–H and O–H groups in total. The number of nitrogens with one attached hydrogen (secondary N) is 1. The molecule has 2 saturated heterocycles. The molecule has 2 aromatic heterocycles. The summed E-state index contributed by atoms with van der Waals surface area (Å²) in [5.41, 5.74) is 1.05. The average molecular weight is 373 g/mol. The van der Waals surface area contributed by atoms with Crippen LogP contribution in [0, 0.1) is 11.3 Å². The molecule has 2 aliphatic heterocycles. The van der Waals surface area contributed by atoms with Crippen LogP contribution in [0.2, 0.25) is 0 Å². The van der Waals surface area contributed by atoms with Crippen molar-refractivity contribution in [1.82, 2.24) is 15.1 Å². The second kappa shape index (κ2) is 6.09. The number of thiophene rings is 1. The van der Waals surface area contributed by atoms with Gasteiger partial charge in [-0.3, -0.25) is 9.59 Å². The fourth-order valence-corrected chi connectivity index (χ4v) is 5.50. The number of nitrogens with zero attached hydrogens (tertiary/aromatic N) is 2. The topological polar surface area (TPSA) is 65.8 Å². The number of piperazine rings is 1. The van der Waals surface area contributed by atoms with Gasteiger partial charge in [0.05, 0.1) is 15.8 Å². The van der Waals surface area contributed by atoms with E-state index in [9.17, 15) is 9.59 Å². The number of piperidine rings is 1. The fraction of sp³-hybridized carbons (Fsp3) is 0.579. The molecule has 4 heterocycles. The van der Waals surface area contributed by atoms with Gasteiger partial charge in [-0.2, -0.15) is 0 Å². The zero-order chi connectivity index (χ0) is 17.7. The number of amides is 2. The maximum atomic E-state index is 12.9. The highest BCUT2D eigenvalue weighted by molar-refractivity contribution is 7.20. The maximum absolute atomic E-state index is 12.9. The van der Waals surface area contributed by atoms with Gasteiger partial charge in [-0.15, -0.1) is 11.3 Å². The minimum atomic E-state index is 0.0507. The quantitative estimate of drug-likeness (QED) is 0.876. The van der Waals surface area contributed by atoms with Crippen LogP contribution in [-0.2, 0) is 4.79 Å². The van der Waals surface area contributed by atoms with Crippen molar-refractivity contribution < 1.29 is 14.0 Å². The second-order valence-corrected chi connectivity index (χ2v) is 8.83. The second-order valence-electron chi connectivity index (χ2n) is 7.75. The minimum Gasteiger partial charge on any atom is -0.463 e. The van der Waals surface area contributed by atoms with Crippen molar-refractivity contribution >= 4 is 33.4 Å². The van der Waals surface area contributed by atoms with Crippen LogP contribution in [0.25, 0.3) is 10.3 Å². The Hall–Kier alpha value is -1.86. The number of rotatable bonds is 2. The van der Waals surface area contributed by atoms with Gasteiger partial charge in [-0.1, -0.05) is 0 Å². The molecule has 0 aromatic carbocycles. The van der Waals surface area contributed by atoms with E-state index in [-0.39, 0.29) is 17.2 Å². The maximum Gasteiger partial charge on any atom is 0.264 e. The largest absolute Gasteiger partial charge is 0.463 e. The lowest BCUT2D eigenvalue weighted by Gasteiger charge is -2.35. The first-order valence-electron chi connectivity index (χ1n) is 9.42. The van der Waals surface area contributed by atoms with E-state index in [0.29, 0.717) is 32.1 Å². The first kappa shape index (κ1) is 16.3. The normalized spacial score (nSPS) is 25.0. The summed E-state index contributed by atoms with van der Waals surface area (Å²) in [6, 6.07) is 3.71. The number of fused-ring (bicyclic) bond motifs is 1. The first-order valence-corrected chi connectivity index (χ1v) is 10.2. The van der Waals surface area contributed by atoms with Crippen LogP contribution in [0.5, 0.6) is 0 Å². The van der Waals surface area contributed by atoms with Gasteiger partial charge >= 0.3 is 0 Å². The molecule has 1 unspecified atom stereocenters. The molecule has 5 rings (SSSR count). The average Bonchev–Trinajstić information content (AvgIpc) is 3.00. The first-order chi connectivity index (χ1) is 12.7. The molecule has 2 amide bonds. The van der Waals surface area contributed by atoms with Crippen LogP contribution < -0.4 is 5.32 Å². The number of carbonyl (C=O) groups is 2. The van der Waals surface area contributed by atoms with Crippen molar-refractivity contribution in [2.45, 2.75) is 19.3 Å². The lowest BCUT2D eigenvalue weighted by molar-refractivity contribution is -0.135. The molecule has 0 radical (unpaired) electrons. The van der Waals surface area contributed by atoms with Crippen molar-refractivity contribution in [1.29, 1.82) is 0 Å². The van der Waals surface area contributed by atoms with E-state index in [1.807, 2.05) is 21.9 Å². The molecule has 6 nitrogen and oxygen atoms in total. The molecular weight excluding hydrogens is 350 g/mol. The summed E-state index contributed by atoms with van der Waals surface area (Å²) in [5.74, 6) is 0.582. The van der Waals surface area contributed by atoms with Gasteiger partial charge in [0.25, 0.3) is 5.91 Å².